The number of fused-ring (bicyclic) bond motifs is 1. The molecule has 1 aliphatic heterocycles. The number of benzene rings is 1. The van der Waals surface area contributed by atoms with E-state index in [0.717, 1.165) is 16.0 Å². The van der Waals surface area contributed by atoms with Gasteiger partial charge in [0.05, 0.1) is 11.8 Å². The van der Waals surface area contributed by atoms with Crippen molar-refractivity contribution in [3.05, 3.63) is 41.5 Å². The largest absolute Gasteiger partial charge is 0.454 e. The summed E-state index contributed by atoms with van der Waals surface area (Å²) in [7, 11) is 0. The Bertz CT molecular complexity index is 783. The first-order valence-corrected chi connectivity index (χ1v) is 8.89. The van der Waals surface area contributed by atoms with Crippen molar-refractivity contribution in [1.82, 2.24) is 4.90 Å². The Morgan fingerprint density at radius 2 is 1.59 bits per heavy atom. The number of imide groups is 1. The highest BCUT2D eigenvalue weighted by atomic mass is 16.5. The van der Waals surface area contributed by atoms with Crippen molar-refractivity contribution in [2.24, 2.45) is 11.8 Å². The van der Waals surface area contributed by atoms with E-state index in [9.17, 15) is 19.2 Å². The van der Waals surface area contributed by atoms with Crippen LogP contribution in [0.3, 0.4) is 0 Å². The first-order valence-electron chi connectivity index (χ1n) is 8.89. The van der Waals surface area contributed by atoms with Gasteiger partial charge in [0.25, 0.3) is 5.91 Å². The second kappa shape index (κ2) is 7.73. The molecule has 3 amide bonds. The van der Waals surface area contributed by atoms with Crippen LogP contribution in [0.4, 0.5) is 5.69 Å². The minimum absolute atomic E-state index is 0.342. The SMILES string of the molecule is Cc1cc(C)cc(NC(=O)COC(=O)CN2C(=O)[C@H]3CC=CC[C@@H]3C2=O)c1. The lowest BCUT2D eigenvalue weighted by atomic mass is 9.85. The van der Waals surface area contributed by atoms with Crippen LogP contribution in [0, 0.1) is 25.7 Å². The number of ether oxygens (including phenoxy) is 1. The van der Waals surface area contributed by atoms with Gasteiger partial charge in [-0.05, 0) is 49.9 Å². The second-order valence-corrected chi connectivity index (χ2v) is 7.00. The van der Waals surface area contributed by atoms with Crippen LogP contribution < -0.4 is 5.32 Å². The summed E-state index contributed by atoms with van der Waals surface area (Å²) in [6.07, 6.45) is 4.79. The number of rotatable bonds is 5. The van der Waals surface area contributed by atoms with Gasteiger partial charge in [0.1, 0.15) is 6.54 Å². The topological polar surface area (TPSA) is 92.8 Å². The molecule has 0 radical (unpaired) electrons. The minimum atomic E-state index is -0.779. The predicted octanol–water partition coefficient (Wildman–Crippen LogP) is 1.74. The summed E-state index contributed by atoms with van der Waals surface area (Å²) in [4.78, 5) is 49.5. The van der Waals surface area contributed by atoms with Crippen LogP contribution in [-0.2, 0) is 23.9 Å². The normalized spacial score (nSPS) is 21.2. The van der Waals surface area contributed by atoms with Crippen molar-refractivity contribution < 1.29 is 23.9 Å². The molecule has 1 fully saturated rings. The smallest absolute Gasteiger partial charge is 0.326 e. The van der Waals surface area contributed by atoms with Gasteiger partial charge in [-0.25, -0.2) is 0 Å². The number of nitrogens with zero attached hydrogens (tertiary/aromatic N) is 1. The van der Waals surface area contributed by atoms with Gasteiger partial charge >= 0.3 is 5.97 Å². The molecule has 1 aliphatic carbocycles. The maximum absolute atomic E-state index is 12.3. The molecule has 2 atom stereocenters. The number of carbonyl (C=O) groups is 4. The third kappa shape index (κ3) is 4.24. The lowest BCUT2D eigenvalue weighted by Gasteiger charge is -2.14. The molecule has 7 nitrogen and oxygen atoms in total. The maximum atomic E-state index is 12.3. The van der Waals surface area contributed by atoms with Gasteiger partial charge in [-0.1, -0.05) is 18.2 Å². The predicted molar refractivity (Wildman–Crippen MR) is 97.6 cm³/mol. The summed E-state index contributed by atoms with van der Waals surface area (Å²) in [5.74, 6) is -2.72. The Balaban J connectivity index is 1.50. The molecule has 1 aromatic rings. The van der Waals surface area contributed by atoms with Crippen LogP contribution in [0.2, 0.25) is 0 Å². The molecule has 0 bridgehead atoms. The highest BCUT2D eigenvalue weighted by molar-refractivity contribution is 6.07. The van der Waals surface area contributed by atoms with Crippen molar-refractivity contribution in [3.8, 4) is 0 Å². The zero-order valence-corrected chi connectivity index (χ0v) is 15.4. The Labute approximate surface area is 157 Å². The first kappa shape index (κ1) is 18.8. The van der Waals surface area contributed by atoms with Crippen molar-refractivity contribution in [2.75, 3.05) is 18.5 Å². The van der Waals surface area contributed by atoms with Crippen LogP contribution in [0.1, 0.15) is 24.0 Å². The number of allylic oxidation sites excluding steroid dienone is 2. The number of nitrogens with one attached hydrogen (secondary N) is 1. The lowest BCUT2D eigenvalue weighted by Crippen LogP contribution is -2.37. The van der Waals surface area contributed by atoms with Crippen LogP contribution in [0.15, 0.2) is 30.4 Å². The first-order chi connectivity index (χ1) is 12.8. The molecule has 0 unspecified atom stereocenters. The van der Waals surface area contributed by atoms with E-state index in [1.165, 1.54) is 0 Å². The van der Waals surface area contributed by atoms with E-state index in [-0.39, 0.29) is 23.7 Å². The third-order valence-corrected chi connectivity index (χ3v) is 4.76. The Morgan fingerprint density at radius 1 is 1.04 bits per heavy atom. The van der Waals surface area contributed by atoms with Gasteiger partial charge in [-0.15, -0.1) is 0 Å². The average molecular weight is 370 g/mol. The maximum Gasteiger partial charge on any atom is 0.326 e. The zero-order chi connectivity index (χ0) is 19.6. The summed E-state index contributed by atoms with van der Waals surface area (Å²) >= 11 is 0. The van der Waals surface area contributed by atoms with Crippen molar-refractivity contribution in [3.63, 3.8) is 0 Å². The molecule has 142 valence electrons. The van der Waals surface area contributed by atoms with Gasteiger partial charge in [0.2, 0.25) is 11.8 Å². The molecule has 1 saturated heterocycles. The van der Waals surface area contributed by atoms with E-state index < -0.39 is 25.0 Å². The number of amides is 3. The Morgan fingerprint density at radius 3 is 2.15 bits per heavy atom. The molecule has 0 saturated carbocycles. The number of esters is 1. The summed E-state index contributed by atoms with van der Waals surface area (Å²) < 4.78 is 4.94. The molecule has 7 heteroatoms. The monoisotopic (exact) mass is 370 g/mol. The molecule has 1 aromatic carbocycles. The average Bonchev–Trinajstić information content (AvgIpc) is 2.84. The number of likely N-dealkylation sites (tertiary alicyclic amines) is 1. The quantitative estimate of drug-likeness (QED) is 0.484. The van der Waals surface area contributed by atoms with E-state index in [1.807, 2.05) is 44.2 Å². The highest BCUT2D eigenvalue weighted by Gasteiger charge is 2.47. The number of hydrogen-bond donors (Lipinski definition) is 1. The number of anilines is 1. The summed E-state index contributed by atoms with van der Waals surface area (Å²) in [5, 5.41) is 2.66. The molecular formula is C20H22N2O5. The van der Waals surface area contributed by atoms with Crippen LogP contribution >= 0.6 is 0 Å². The minimum Gasteiger partial charge on any atom is -0.454 e. The third-order valence-electron chi connectivity index (χ3n) is 4.76. The summed E-state index contributed by atoms with van der Waals surface area (Å²) in [6, 6.07) is 5.60. The Hall–Kier alpha value is -2.96. The fraction of sp³-hybridized carbons (Fsp3) is 0.400. The van der Waals surface area contributed by atoms with Crippen molar-refractivity contribution >= 4 is 29.4 Å². The Kier molecular flexibility index (Phi) is 5.39. The van der Waals surface area contributed by atoms with Crippen molar-refractivity contribution in [2.45, 2.75) is 26.7 Å². The standard InChI is InChI=1S/C20H22N2O5/c1-12-7-13(2)9-14(8-12)21-17(23)11-27-18(24)10-22-19(25)15-5-3-4-6-16(15)20(22)26/h3-4,7-9,15-16H,5-6,10-11H2,1-2H3,(H,21,23)/t15-,16-/m0/s1. The van der Waals surface area contributed by atoms with E-state index in [4.69, 9.17) is 4.74 Å². The van der Waals surface area contributed by atoms with Crippen molar-refractivity contribution in [1.29, 1.82) is 0 Å². The molecule has 0 aromatic heterocycles. The molecule has 1 heterocycles. The van der Waals surface area contributed by atoms with Gasteiger partial charge in [0, 0.05) is 5.69 Å². The van der Waals surface area contributed by atoms with Gasteiger partial charge in [-0.2, -0.15) is 0 Å². The van der Waals surface area contributed by atoms with Crippen LogP contribution in [0.25, 0.3) is 0 Å². The number of carbonyl (C=O) groups excluding carboxylic acids is 4. The number of aryl methyl sites for hydroxylation is 2. The van der Waals surface area contributed by atoms with Gasteiger partial charge in [0.15, 0.2) is 6.61 Å². The molecule has 1 N–H and O–H groups in total. The number of hydrogen-bond acceptors (Lipinski definition) is 5. The second-order valence-electron chi connectivity index (χ2n) is 7.00. The molecule has 27 heavy (non-hydrogen) atoms. The van der Waals surface area contributed by atoms with E-state index >= 15 is 0 Å². The molecular weight excluding hydrogens is 348 g/mol. The van der Waals surface area contributed by atoms with Gasteiger partial charge < -0.3 is 10.1 Å². The van der Waals surface area contributed by atoms with Gasteiger partial charge in [-0.3, -0.25) is 24.1 Å². The van der Waals surface area contributed by atoms with E-state index in [2.05, 4.69) is 5.32 Å². The molecule has 3 rings (SSSR count). The molecule has 0 spiro atoms. The molecule has 2 aliphatic rings. The van der Waals surface area contributed by atoms with Crippen LogP contribution in [-0.4, -0.2) is 41.7 Å². The lowest BCUT2D eigenvalue weighted by molar-refractivity contribution is -0.154. The fourth-order valence-corrected chi connectivity index (χ4v) is 3.59. The van der Waals surface area contributed by atoms with E-state index in [0.29, 0.717) is 18.5 Å². The fourth-order valence-electron chi connectivity index (χ4n) is 3.59. The highest BCUT2D eigenvalue weighted by Crippen LogP contribution is 2.34. The zero-order valence-electron chi connectivity index (χ0n) is 15.4. The summed E-state index contributed by atoms with van der Waals surface area (Å²) in [6.45, 7) is 2.90. The summed E-state index contributed by atoms with van der Waals surface area (Å²) in [5.41, 5.74) is 2.63. The van der Waals surface area contributed by atoms with E-state index in [1.54, 1.807) is 0 Å². The van der Waals surface area contributed by atoms with Crippen LogP contribution in [0.5, 0.6) is 0 Å².